The van der Waals surface area contributed by atoms with E-state index in [0.29, 0.717) is 76.0 Å². The Morgan fingerprint density at radius 3 is 1.56 bits per heavy atom. The van der Waals surface area contributed by atoms with Crippen LogP contribution < -0.4 is 9.47 Å². The molecule has 4 heterocycles. The largest absolute Gasteiger partial charge is 0.504 e. The van der Waals surface area contributed by atoms with Gasteiger partial charge in [-0.15, -0.1) is 13.2 Å². The summed E-state index contributed by atoms with van der Waals surface area (Å²) in [6.07, 6.45) is 7.42. The molecule has 2 saturated heterocycles. The Kier molecular flexibility index (Phi) is 5.79. The van der Waals surface area contributed by atoms with Crippen LogP contribution in [-0.4, -0.2) is 103 Å². The van der Waals surface area contributed by atoms with Crippen molar-refractivity contribution in [3.8, 4) is 23.0 Å². The Labute approximate surface area is 279 Å². The first kappa shape index (κ1) is 29.2. The number of piperidine rings is 2. The number of hydrogen-bond acceptors (Lipinski definition) is 10. The molecule has 4 aliphatic heterocycles. The molecule has 8 aliphatic rings. The molecule has 0 aromatic heterocycles. The van der Waals surface area contributed by atoms with Gasteiger partial charge in [0.05, 0.1) is 33.5 Å². The number of hydrogen-bond donors (Lipinski definition) is 4. The van der Waals surface area contributed by atoms with Crippen LogP contribution in [0.2, 0.25) is 0 Å². The van der Waals surface area contributed by atoms with Crippen molar-refractivity contribution >= 4 is 11.4 Å². The third-order valence-corrected chi connectivity index (χ3v) is 13.8. The predicted molar refractivity (Wildman–Crippen MR) is 179 cm³/mol. The summed E-state index contributed by atoms with van der Waals surface area (Å²) in [4.78, 5) is 4.68. The highest BCUT2D eigenvalue weighted by Crippen LogP contribution is 2.66. The van der Waals surface area contributed by atoms with E-state index in [9.17, 15) is 20.4 Å². The first-order chi connectivity index (χ1) is 23.2. The minimum Gasteiger partial charge on any atom is -0.504 e. The van der Waals surface area contributed by atoms with Crippen molar-refractivity contribution < 1.29 is 29.9 Å². The lowest BCUT2D eigenvalue weighted by Crippen LogP contribution is -2.76. The van der Waals surface area contributed by atoms with E-state index >= 15 is 0 Å². The summed E-state index contributed by atoms with van der Waals surface area (Å²) in [7, 11) is 0. The number of benzene rings is 2. The van der Waals surface area contributed by atoms with Crippen LogP contribution in [0.5, 0.6) is 23.0 Å². The Bertz CT molecular complexity index is 1740. The van der Waals surface area contributed by atoms with E-state index < -0.39 is 34.2 Å². The molecule has 2 saturated carbocycles. The first-order valence-corrected chi connectivity index (χ1v) is 17.5. The van der Waals surface area contributed by atoms with Gasteiger partial charge in [0.25, 0.3) is 0 Å². The highest BCUT2D eigenvalue weighted by molar-refractivity contribution is 5.97. The Morgan fingerprint density at radius 1 is 0.708 bits per heavy atom. The zero-order valence-corrected chi connectivity index (χ0v) is 27.1. The zero-order chi connectivity index (χ0) is 32.8. The molecular formula is C38H42N4O6. The van der Waals surface area contributed by atoms with Crippen LogP contribution in [0.3, 0.4) is 0 Å². The Hall–Kier alpha value is -3.70. The van der Waals surface area contributed by atoms with Crippen LogP contribution in [0.15, 0.2) is 59.8 Å². The zero-order valence-electron chi connectivity index (χ0n) is 27.1. The smallest absolute Gasteiger partial charge is 0.166 e. The molecule has 10 nitrogen and oxygen atoms in total. The van der Waals surface area contributed by atoms with E-state index in [1.807, 2.05) is 24.3 Å². The van der Waals surface area contributed by atoms with Crippen molar-refractivity contribution in [1.29, 1.82) is 0 Å². The van der Waals surface area contributed by atoms with Gasteiger partial charge < -0.3 is 29.9 Å². The number of nitrogens with zero attached hydrogens (tertiary/aromatic N) is 4. The fourth-order valence-corrected chi connectivity index (χ4v) is 12.0. The van der Waals surface area contributed by atoms with Gasteiger partial charge in [-0.1, -0.05) is 24.3 Å². The van der Waals surface area contributed by atoms with Crippen molar-refractivity contribution in [3.05, 3.63) is 71.8 Å². The molecule has 4 fully saturated rings. The van der Waals surface area contributed by atoms with Gasteiger partial charge in [0.1, 0.15) is 0 Å². The summed E-state index contributed by atoms with van der Waals surface area (Å²) in [5, 5.41) is 57.4. The molecule has 10 heteroatoms. The number of aliphatic hydroxyl groups is 2. The first-order valence-electron chi connectivity index (χ1n) is 17.5. The highest BCUT2D eigenvalue weighted by Gasteiger charge is 2.74. The van der Waals surface area contributed by atoms with E-state index in [1.165, 1.54) is 0 Å². The number of ether oxygens (including phenoxy) is 2. The van der Waals surface area contributed by atoms with Gasteiger partial charge in [0.15, 0.2) is 35.2 Å². The molecular weight excluding hydrogens is 608 g/mol. The molecule has 4 N–H and O–H groups in total. The average Bonchev–Trinajstić information content (AvgIpc) is 3.61. The molecule has 10 rings (SSSR count). The van der Waals surface area contributed by atoms with Crippen LogP contribution in [0.4, 0.5) is 0 Å². The van der Waals surface area contributed by atoms with Crippen molar-refractivity contribution in [2.24, 2.45) is 10.2 Å². The van der Waals surface area contributed by atoms with Crippen LogP contribution in [0.25, 0.3) is 0 Å². The summed E-state index contributed by atoms with van der Waals surface area (Å²) in [5.74, 6) is 1.11. The molecule has 4 bridgehead atoms. The van der Waals surface area contributed by atoms with Gasteiger partial charge in [-0.05, 0) is 74.6 Å². The van der Waals surface area contributed by atoms with Crippen LogP contribution in [-0.2, 0) is 23.7 Å². The molecule has 2 aromatic carbocycles. The summed E-state index contributed by atoms with van der Waals surface area (Å²) in [5.41, 5.74) is 1.99. The number of aromatic hydroxyl groups is 2. The lowest BCUT2D eigenvalue weighted by molar-refractivity contribution is -0.164. The molecule has 2 aromatic rings. The maximum Gasteiger partial charge on any atom is 0.166 e. The molecule has 250 valence electrons. The van der Waals surface area contributed by atoms with Crippen molar-refractivity contribution in [2.75, 3.05) is 26.2 Å². The molecule has 0 radical (unpaired) electrons. The number of phenolic OH excluding ortho intramolecular Hbond substituents is 2. The van der Waals surface area contributed by atoms with Crippen molar-refractivity contribution in [3.63, 3.8) is 0 Å². The summed E-state index contributed by atoms with van der Waals surface area (Å²) in [6.45, 7) is 10.9. The average molecular weight is 651 g/mol. The van der Waals surface area contributed by atoms with Gasteiger partial charge in [-0.3, -0.25) is 9.80 Å². The maximum absolute atomic E-state index is 12.7. The third-order valence-electron chi connectivity index (χ3n) is 13.8. The second-order valence-corrected chi connectivity index (χ2v) is 15.4. The summed E-state index contributed by atoms with van der Waals surface area (Å²) in [6, 6.07) is 7.18. The minimum atomic E-state index is -1.06. The van der Waals surface area contributed by atoms with Gasteiger partial charge in [0.2, 0.25) is 0 Å². The van der Waals surface area contributed by atoms with E-state index in [2.05, 4.69) is 23.0 Å². The van der Waals surface area contributed by atoms with Crippen LogP contribution in [0, 0.1) is 0 Å². The maximum atomic E-state index is 12.7. The van der Waals surface area contributed by atoms with Crippen LogP contribution in [0.1, 0.15) is 60.8 Å². The summed E-state index contributed by atoms with van der Waals surface area (Å²) >= 11 is 0. The van der Waals surface area contributed by atoms with Crippen LogP contribution >= 0.6 is 0 Å². The normalized spacial score (nSPS) is 41.4. The standard InChI is InChI=1S/C38H42N4O6/c1-3-15-41-17-13-35-29-21-5-7-25(43)31(29)47-33(35)23(9-11-37(35,45)27(41)19-21)39-40-24-10-12-38(46)28-20-22-6-8-26(44)32-30(22)36(38,34(24)48-32)14-18-42(28)16-4-2/h3-8,27-28,33-34,43-46H,1-2,9-20H2/t27-,28-,33+,34+,35+,36+,37-,38-/m1/s1. The number of likely N-dealkylation sites (tertiary alicyclic amines) is 2. The lowest BCUT2D eigenvalue weighted by Gasteiger charge is -2.63. The SMILES string of the molecule is C=CCN1CC[C@]23c4c5ccc(O)c4O[C@H]2C(=NN=C2CC[C@@]4(O)[C@H]6Cc7ccc(O)c8c7[C@@]4(CCN6CC=C)[C@H]2O8)CC[C@@]3(O)[C@H]1C5. The lowest BCUT2D eigenvalue weighted by atomic mass is 9.48. The molecule has 8 atom stereocenters. The molecule has 4 aliphatic carbocycles. The number of rotatable bonds is 5. The Morgan fingerprint density at radius 2 is 1.15 bits per heavy atom. The van der Waals surface area contributed by atoms with E-state index in [4.69, 9.17) is 19.7 Å². The fourth-order valence-electron chi connectivity index (χ4n) is 12.0. The second kappa shape index (κ2) is 9.50. The van der Waals surface area contributed by atoms with Gasteiger partial charge in [0, 0.05) is 49.4 Å². The summed E-state index contributed by atoms with van der Waals surface area (Å²) < 4.78 is 13.3. The molecule has 0 unspecified atom stereocenters. The number of phenols is 2. The monoisotopic (exact) mass is 650 g/mol. The quantitative estimate of drug-likeness (QED) is 0.287. The van der Waals surface area contributed by atoms with E-state index in [0.717, 1.165) is 46.8 Å². The van der Waals surface area contributed by atoms with Gasteiger partial charge >= 0.3 is 0 Å². The topological polar surface area (TPSA) is 131 Å². The second-order valence-electron chi connectivity index (χ2n) is 15.4. The third kappa shape index (κ3) is 3.15. The minimum absolute atomic E-state index is 0.0885. The Balaban J connectivity index is 1.08. The van der Waals surface area contributed by atoms with E-state index in [1.54, 1.807) is 12.1 Å². The molecule has 2 spiro atoms. The van der Waals surface area contributed by atoms with Gasteiger partial charge in [-0.2, -0.15) is 10.2 Å². The van der Waals surface area contributed by atoms with Crippen molar-refractivity contribution in [2.45, 2.75) is 97.7 Å². The predicted octanol–water partition coefficient (Wildman–Crippen LogP) is 3.28. The fraction of sp³-hybridized carbons (Fsp3) is 0.526. The highest BCUT2D eigenvalue weighted by atomic mass is 16.5. The van der Waals surface area contributed by atoms with Crippen molar-refractivity contribution in [1.82, 2.24) is 9.80 Å². The van der Waals surface area contributed by atoms with E-state index in [-0.39, 0.29) is 23.6 Å². The molecule has 0 amide bonds. The van der Waals surface area contributed by atoms with Gasteiger partial charge in [-0.25, -0.2) is 0 Å². The molecule has 48 heavy (non-hydrogen) atoms.